The first-order valence-corrected chi connectivity index (χ1v) is 7.99. The van der Waals surface area contributed by atoms with E-state index in [0.717, 1.165) is 25.9 Å². The van der Waals surface area contributed by atoms with Crippen molar-refractivity contribution in [2.75, 3.05) is 45.2 Å². The largest absolute Gasteiger partial charge is 0.383 e. The van der Waals surface area contributed by atoms with Crippen LogP contribution in [0.4, 0.5) is 5.69 Å². The fraction of sp³-hybridized carbons (Fsp3) is 0.588. The number of likely N-dealkylation sites (tertiary alicyclic amines) is 1. The highest BCUT2D eigenvalue weighted by atomic mass is 35.5. The van der Waals surface area contributed by atoms with Gasteiger partial charge in [0, 0.05) is 38.5 Å². The minimum absolute atomic E-state index is 0. The molecule has 1 aromatic rings. The van der Waals surface area contributed by atoms with Crippen molar-refractivity contribution in [3.8, 4) is 0 Å². The van der Waals surface area contributed by atoms with E-state index in [-0.39, 0.29) is 30.7 Å². The number of ether oxygens (including phenoxy) is 1. The van der Waals surface area contributed by atoms with Crippen LogP contribution in [-0.2, 0) is 9.53 Å². The van der Waals surface area contributed by atoms with Crippen molar-refractivity contribution in [2.45, 2.75) is 25.8 Å². The number of amides is 1. The van der Waals surface area contributed by atoms with Gasteiger partial charge in [0.2, 0.25) is 5.91 Å². The molecule has 1 saturated heterocycles. The number of nitrogens with one attached hydrogen (secondary N) is 2. The summed E-state index contributed by atoms with van der Waals surface area (Å²) in [5.41, 5.74) is 2.44. The lowest BCUT2D eigenvalue weighted by Gasteiger charge is -2.33. The summed E-state index contributed by atoms with van der Waals surface area (Å²) in [7, 11) is 1.66. The quantitative estimate of drug-likeness (QED) is 0.716. The van der Waals surface area contributed by atoms with E-state index in [9.17, 15) is 4.79 Å². The number of anilines is 1. The van der Waals surface area contributed by atoms with Crippen LogP contribution >= 0.6 is 24.8 Å². The highest BCUT2D eigenvalue weighted by Crippen LogP contribution is 2.17. The first-order valence-electron chi connectivity index (χ1n) is 7.99. The van der Waals surface area contributed by atoms with Crippen molar-refractivity contribution in [3.05, 3.63) is 29.8 Å². The van der Waals surface area contributed by atoms with Gasteiger partial charge in [-0.25, -0.2) is 0 Å². The molecule has 0 atom stereocenters. The van der Waals surface area contributed by atoms with E-state index in [0.29, 0.717) is 25.7 Å². The van der Waals surface area contributed by atoms with Crippen LogP contribution in [0.15, 0.2) is 24.3 Å². The fourth-order valence-corrected chi connectivity index (χ4v) is 2.73. The molecular weight excluding hydrogens is 349 g/mol. The molecule has 1 aromatic carbocycles. The number of hydrogen-bond acceptors (Lipinski definition) is 4. The third-order valence-electron chi connectivity index (χ3n) is 4.00. The topological polar surface area (TPSA) is 53.6 Å². The van der Waals surface area contributed by atoms with Gasteiger partial charge in [-0.1, -0.05) is 12.1 Å². The Morgan fingerprint density at radius 2 is 2.00 bits per heavy atom. The maximum Gasteiger partial charge on any atom is 0.236 e. The van der Waals surface area contributed by atoms with Gasteiger partial charge in [0.25, 0.3) is 0 Å². The van der Waals surface area contributed by atoms with Crippen LogP contribution in [0.2, 0.25) is 0 Å². The molecule has 7 heteroatoms. The van der Waals surface area contributed by atoms with Crippen molar-refractivity contribution < 1.29 is 9.53 Å². The van der Waals surface area contributed by atoms with Crippen LogP contribution in [0.3, 0.4) is 0 Å². The lowest BCUT2D eigenvalue weighted by atomic mass is 10.0. The standard InChI is InChI=1S/C17H27N3O2.2ClH/c1-14-4-3-5-16(12-14)19-15-6-9-20(10-7-15)17(21)13-18-8-11-22-2;;/h3-5,12,15,18-19H,6-11,13H2,1-2H3;2*1H. The second kappa shape index (κ2) is 12.4. The Morgan fingerprint density at radius 1 is 1.29 bits per heavy atom. The Bertz CT molecular complexity index is 481. The van der Waals surface area contributed by atoms with Crippen LogP contribution in [0.1, 0.15) is 18.4 Å². The first-order chi connectivity index (χ1) is 10.7. The molecule has 1 amide bonds. The highest BCUT2D eigenvalue weighted by Gasteiger charge is 2.22. The van der Waals surface area contributed by atoms with Crippen molar-refractivity contribution in [1.82, 2.24) is 10.2 Å². The van der Waals surface area contributed by atoms with Crippen LogP contribution in [0.25, 0.3) is 0 Å². The zero-order valence-corrected chi connectivity index (χ0v) is 16.0. The summed E-state index contributed by atoms with van der Waals surface area (Å²) in [5.74, 6) is 0.185. The molecule has 0 unspecified atom stereocenters. The van der Waals surface area contributed by atoms with Crippen molar-refractivity contribution >= 4 is 36.4 Å². The minimum Gasteiger partial charge on any atom is -0.383 e. The van der Waals surface area contributed by atoms with Gasteiger partial charge in [-0.2, -0.15) is 0 Å². The van der Waals surface area contributed by atoms with Crippen LogP contribution in [-0.4, -0.2) is 56.7 Å². The average molecular weight is 378 g/mol. The number of nitrogens with zero attached hydrogens (tertiary/aromatic N) is 1. The molecule has 1 heterocycles. The molecule has 138 valence electrons. The number of benzene rings is 1. The smallest absolute Gasteiger partial charge is 0.236 e. The van der Waals surface area contributed by atoms with Gasteiger partial charge in [0.1, 0.15) is 0 Å². The van der Waals surface area contributed by atoms with E-state index >= 15 is 0 Å². The second-order valence-corrected chi connectivity index (χ2v) is 5.84. The SMILES string of the molecule is COCCNCC(=O)N1CCC(Nc2cccc(C)c2)CC1.Cl.Cl. The Morgan fingerprint density at radius 3 is 2.62 bits per heavy atom. The molecule has 2 rings (SSSR count). The summed E-state index contributed by atoms with van der Waals surface area (Å²) in [6.07, 6.45) is 2.00. The summed E-state index contributed by atoms with van der Waals surface area (Å²) in [6.45, 7) is 5.51. The minimum atomic E-state index is 0. The van der Waals surface area contributed by atoms with Crippen molar-refractivity contribution in [3.63, 3.8) is 0 Å². The summed E-state index contributed by atoms with van der Waals surface area (Å²) in [6, 6.07) is 8.89. The predicted molar refractivity (Wildman–Crippen MR) is 104 cm³/mol. The molecule has 0 saturated carbocycles. The lowest BCUT2D eigenvalue weighted by Crippen LogP contribution is -2.45. The fourth-order valence-electron chi connectivity index (χ4n) is 2.73. The molecule has 0 radical (unpaired) electrons. The number of aryl methyl sites for hydroxylation is 1. The van der Waals surface area contributed by atoms with Crippen molar-refractivity contribution in [1.29, 1.82) is 0 Å². The molecule has 0 aromatic heterocycles. The summed E-state index contributed by atoms with van der Waals surface area (Å²) in [4.78, 5) is 14.0. The molecule has 0 spiro atoms. The maximum atomic E-state index is 12.1. The van der Waals surface area contributed by atoms with E-state index in [4.69, 9.17) is 4.74 Å². The van der Waals surface area contributed by atoms with Crippen LogP contribution in [0.5, 0.6) is 0 Å². The number of carbonyl (C=O) groups excluding carboxylic acids is 1. The maximum absolute atomic E-state index is 12.1. The van der Waals surface area contributed by atoms with Gasteiger partial charge in [-0.3, -0.25) is 4.79 Å². The van der Waals surface area contributed by atoms with Gasteiger partial charge in [-0.05, 0) is 37.5 Å². The number of halogens is 2. The van der Waals surface area contributed by atoms with Gasteiger partial charge < -0.3 is 20.3 Å². The third-order valence-corrected chi connectivity index (χ3v) is 4.00. The number of hydrogen-bond donors (Lipinski definition) is 2. The molecule has 1 aliphatic heterocycles. The molecular formula is C17H29Cl2N3O2. The zero-order chi connectivity index (χ0) is 15.8. The average Bonchev–Trinajstić information content (AvgIpc) is 2.52. The van der Waals surface area contributed by atoms with Gasteiger partial charge in [0.05, 0.1) is 13.2 Å². The van der Waals surface area contributed by atoms with Crippen LogP contribution < -0.4 is 10.6 Å². The Labute approximate surface area is 157 Å². The highest BCUT2D eigenvalue weighted by molar-refractivity contribution is 5.85. The van der Waals surface area contributed by atoms with E-state index in [1.54, 1.807) is 7.11 Å². The third kappa shape index (κ3) is 7.71. The van der Waals surface area contributed by atoms with Crippen LogP contribution in [0, 0.1) is 6.92 Å². The monoisotopic (exact) mass is 377 g/mol. The summed E-state index contributed by atoms with van der Waals surface area (Å²) in [5, 5.41) is 6.68. The molecule has 5 nitrogen and oxygen atoms in total. The number of piperidine rings is 1. The normalized spacial score (nSPS) is 14.5. The predicted octanol–water partition coefficient (Wildman–Crippen LogP) is 2.48. The van der Waals surface area contributed by atoms with E-state index in [2.05, 4.69) is 41.8 Å². The first kappa shape index (κ1) is 23.0. The van der Waals surface area contributed by atoms with Crippen molar-refractivity contribution in [2.24, 2.45) is 0 Å². The Balaban J connectivity index is 0.00000264. The molecule has 2 N–H and O–H groups in total. The lowest BCUT2D eigenvalue weighted by molar-refractivity contribution is -0.131. The molecule has 1 fully saturated rings. The molecule has 1 aliphatic rings. The molecule has 24 heavy (non-hydrogen) atoms. The van der Waals surface area contributed by atoms with Gasteiger partial charge in [0.15, 0.2) is 0 Å². The molecule has 0 aliphatic carbocycles. The number of rotatable bonds is 7. The van der Waals surface area contributed by atoms with E-state index < -0.39 is 0 Å². The Hall–Kier alpha value is -1.01. The Kier molecular flexibility index (Phi) is 11.8. The zero-order valence-electron chi connectivity index (χ0n) is 14.4. The van der Waals surface area contributed by atoms with E-state index in [1.807, 2.05) is 4.90 Å². The summed E-state index contributed by atoms with van der Waals surface area (Å²) < 4.78 is 4.95. The number of carbonyl (C=O) groups is 1. The van der Waals surface area contributed by atoms with Gasteiger partial charge in [-0.15, -0.1) is 24.8 Å². The van der Waals surface area contributed by atoms with Gasteiger partial charge >= 0.3 is 0 Å². The van der Waals surface area contributed by atoms with E-state index in [1.165, 1.54) is 11.3 Å². The molecule has 0 bridgehead atoms. The summed E-state index contributed by atoms with van der Waals surface area (Å²) >= 11 is 0. The second-order valence-electron chi connectivity index (χ2n) is 5.84. The number of methoxy groups -OCH3 is 1.